The first-order valence-corrected chi connectivity index (χ1v) is 12.8. The number of carbonyl (C=O) groups is 1. The minimum absolute atomic E-state index is 0.0266. The summed E-state index contributed by atoms with van der Waals surface area (Å²) in [5.74, 6) is 1.49. The maximum absolute atomic E-state index is 13.1. The van der Waals surface area contributed by atoms with Crippen LogP contribution in [0.2, 0.25) is 0 Å². The maximum Gasteiger partial charge on any atom is 0.244 e. The molecule has 1 saturated heterocycles. The topological polar surface area (TPSA) is 65.8 Å². The molecule has 5 rings (SSSR count). The van der Waals surface area contributed by atoms with E-state index < -0.39 is 0 Å². The van der Waals surface area contributed by atoms with E-state index in [0.717, 1.165) is 47.8 Å². The quantitative estimate of drug-likeness (QED) is 0.515. The molecule has 2 aliphatic heterocycles. The normalized spacial score (nSPS) is 18.2. The zero-order chi connectivity index (χ0) is 23.5. The number of aromatic nitrogens is 2. The Morgan fingerprint density at radius 3 is 2.85 bits per heavy atom. The van der Waals surface area contributed by atoms with Crippen molar-refractivity contribution in [1.82, 2.24) is 14.7 Å². The van der Waals surface area contributed by atoms with Gasteiger partial charge in [0.1, 0.15) is 19.8 Å². The Bertz CT molecular complexity index is 1150. The molecule has 1 atom stereocenters. The molecule has 0 saturated carbocycles. The summed E-state index contributed by atoms with van der Waals surface area (Å²) in [7, 11) is 0. The number of amides is 1. The molecule has 3 aromatic rings. The summed E-state index contributed by atoms with van der Waals surface area (Å²) in [6.45, 7) is 7.00. The molecule has 1 unspecified atom stereocenters. The van der Waals surface area contributed by atoms with Crippen LogP contribution < -0.4 is 9.47 Å². The van der Waals surface area contributed by atoms with E-state index in [1.54, 1.807) is 22.2 Å². The summed E-state index contributed by atoms with van der Waals surface area (Å²) in [5, 5.41) is 4.26. The van der Waals surface area contributed by atoms with E-state index in [9.17, 15) is 4.79 Å². The van der Waals surface area contributed by atoms with Crippen molar-refractivity contribution in [2.75, 3.05) is 26.4 Å². The van der Waals surface area contributed by atoms with Gasteiger partial charge in [-0.3, -0.25) is 9.48 Å². The van der Waals surface area contributed by atoms with Crippen LogP contribution in [0.5, 0.6) is 11.5 Å². The number of hydrogen-bond donors (Lipinski definition) is 0. The molecule has 2 aliphatic rings. The van der Waals surface area contributed by atoms with Crippen LogP contribution in [0.1, 0.15) is 35.4 Å². The molecular formula is C26H31N3O4S. The van der Waals surface area contributed by atoms with Crippen molar-refractivity contribution in [2.45, 2.75) is 52.3 Å². The zero-order valence-electron chi connectivity index (χ0n) is 19.8. The summed E-state index contributed by atoms with van der Waals surface area (Å²) < 4.78 is 20.1. The molecule has 0 N–H and O–H groups in total. The van der Waals surface area contributed by atoms with Gasteiger partial charge < -0.3 is 19.1 Å². The van der Waals surface area contributed by atoms with Gasteiger partial charge in [-0.2, -0.15) is 5.10 Å². The van der Waals surface area contributed by atoms with Crippen molar-refractivity contribution >= 4 is 17.2 Å². The van der Waals surface area contributed by atoms with E-state index in [1.165, 1.54) is 16.2 Å². The maximum atomic E-state index is 13.1. The highest BCUT2D eigenvalue weighted by Crippen LogP contribution is 2.40. The number of rotatable bonds is 6. The molecule has 0 radical (unpaired) electrons. The number of hydrogen-bond acceptors (Lipinski definition) is 6. The fourth-order valence-corrected chi connectivity index (χ4v) is 5.30. The van der Waals surface area contributed by atoms with Crippen LogP contribution in [-0.2, 0) is 22.6 Å². The third-order valence-corrected chi connectivity index (χ3v) is 7.44. The average molecular weight is 482 g/mol. The third kappa shape index (κ3) is 5.13. The second-order valence-electron chi connectivity index (χ2n) is 8.97. The SMILES string of the molecule is Cc1ccc(-c2cc3c(c(OCC4CCCCO4)c2)OCCN(C(=O)Cn2nccc2C)C3)s1. The smallest absolute Gasteiger partial charge is 0.244 e. The molecule has 0 aliphatic carbocycles. The third-order valence-electron chi connectivity index (χ3n) is 6.39. The van der Waals surface area contributed by atoms with E-state index in [1.807, 2.05) is 17.9 Å². The van der Waals surface area contributed by atoms with Gasteiger partial charge >= 0.3 is 0 Å². The standard InChI is InChI=1S/C26H31N3O4S/c1-18-8-9-27-29(18)16-25(30)28-10-12-32-26-21(15-28)13-20(24-7-6-19(2)34-24)14-23(26)33-17-22-5-3-4-11-31-22/h6-9,13-14,22H,3-5,10-12,15-17H2,1-2H3. The van der Waals surface area contributed by atoms with Crippen molar-refractivity contribution in [3.05, 3.63) is 52.7 Å². The Balaban J connectivity index is 1.42. The number of thiophene rings is 1. The van der Waals surface area contributed by atoms with E-state index in [4.69, 9.17) is 14.2 Å². The summed E-state index contributed by atoms with van der Waals surface area (Å²) in [4.78, 5) is 17.4. The molecule has 7 nitrogen and oxygen atoms in total. The number of aryl methyl sites for hydroxylation is 2. The molecule has 0 bridgehead atoms. The molecule has 34 heavy (non-hydrogen) atoms. The molecular weight excluding hydrogens is 450 g/mol. The summed E-state index contributed by atoms with van der Waals surface area (Å²) in [6.07, 6.45) is 5.13. The molecule has 8 heteroatoms. The van der Waals surface area contributed by atoms with Crippen molar-refractivity contribution in [1.29, 1.82) is 0 Å². The van der Waals surface area contributed by atoms with Gasteiger partial charge in [-0.05, 0) is 69.0 Å². The van der Waals surface area contributed by atoms with Crippen LogP contribution >= 0.6 is 11.3 Å². The Morgan fingerprint density at radius 2 is 2.12 bits per heavy atom. The first-order valence-electron chi connectivity index (χ1n) is 11.9. The van der Waals surface area contributed by atoms with Gasteiger partial charge in [0, 0.05) is 40.4 Å². The van der Waals surface area contributed by atoms with Crippen LogP contribution in [-0.4, -0.2) is 53.1 Å². The highest BCUT2D eigenvalue weighted by molar-refractivity contribution is 7.15. The van der Waals surface area contributed by atoms with Crippen LogP contribution in [0, 0.1) is 13.8 Å². The largest absolute Gasteiger partial charge is 0.487 e. The predicted molar refractivity (Wildman–Crippen MR) is 131 cm³/mol. The first kappa shape index (κ1) is 22.9. The number of ether oxygens (including phenoxy) is 3. The Labute approximate surface area is 204 Å². The van der Waals surface area contributed by atoms with E-state index in [2.05, 4.69) is 36.3 Å². The number of carbonyl (C=O) groups excluding carboxylic acids is 1. The highest BCUT2D eigenvalue weighted by atomic mass is 32.1. The fourth-order valence-electron chi connectivity index (χ4n) is 4.45. The Morgan fingerprint density at radius 1 is 1.21 bits per heavy atom. The van der Waals surface area contributed by atoms with Crippen LogP contribution in [0.25, 0.3) is 10.4 Å². The summed E-state index contributed by atoms with van der Waals surface area (Å²) in [6, 6.07) is 10.4. The van der Waals surface area contributed by atoms with Crippen molar-refractivity contribution in [3.8, 4) is 21.9 Å². The first-order chi connectivity index (χ1) is 16.6. The lowest BCUT2D eigenvalue weighted by atomic mass is 10.1. The number of nitrogens with zero attached hydrogens (tertiary/aromatic N) is 3. The molecule has 1 aromatic carbocycles. The average Bonchev–Trinajstić information content (AvgIpc) is 3.39. The fraction of sp³-hybridized carbons (Fsp3) is 0.462. The monoisotopic (exact) mass is 481 g/mol. The van der Waals surface area contributed by atoms with Gasteiger partial charge in [0.05, 0.1) is 12.6 Å². The van der Waals surface area contributed by atoms with Crippen LogP contribution in [0.15, 0.2) is 36.5 Å². The van der Waals surface area contributed by atoms with E-state index >= 15 is 0 Å². The van der Waals surface area contributed by atoms with Gasteiger partial charge in [0.2, 0.25) is 5.91 Å². The van der Waals surface area contributed by atoms with Gasteiger partial charge in [-0.1, -0.05) is 0 Å². The van der Waals surface area contributed by atoms with Gasteiger partial charge in [0.25, 0.3) is 0 Å². The van der Waals surface area contributed by atoms with Crippen LogP contribution in [0.3, 0.4) is 0 Å². The molecule has 1 amide bonds. The second-order valence-corrected chi connectivity index (χ2v) is 10.3. The zero-order valence-corrected chi connectivity index (χ0v) is 20.6. The van der Waals surface area contributed by atoms with Crippen molar-refractivity contribution < 1.29 is 19.0 Å². The lowest BCUT2D eigenvalue weighted by molar-refractivity contribution is -0.132. The lowest BCUT2D eigenvalue weighted by Crippen LogP contribution is -2.35. The number of fused-ring (bicyclic) bond motifs is 1. The minimum atomic E-state index is 0.0266. The molecule has 1 fully saturated rings. The molecule has 180 valence electrons. The van der Waals surface area contributed by atoms with Gasteiger partial charge in [0.15, 0.2) is 11.5 Å². The predicted octanol–water partition coefficient (Wildman–Crippen LogP) is 4.60. The van der Waals surface area contributed by atoms with Gasteiger partial charge in [-0.25, -0.2) is 0 Å². The van der Waals surface area contributed by atoms with Gasteiger partial charge in [-0.15, -0.1) is 11.3 Å². The summed E-state index contributed by atoms with van der Waals surface area (Å²) >= 11 is 1.75. The molecule has 0 spiro atoms. The van der Waals surface area contributed by atoms with Crippen LogP contribution in [0.4, 0.5) is 0 Å². The van der Waals surface area contributed by atoms with E-state index in [0.29, 0.717) is 26.3 Å². The highest BCUT2D eigenvalue weighted by Gasteiger charge is 2.25. The molecule has 4 heterocycles. The van der Waals surface area contributed by atoms with Crippen molar-refractivity contribution in [3.63, 3.8) is 0 Å². The Kier molecular flexibility index (Phi) is 6.87. The van der Waals surface area contributed by atoms with Crippen molar-refractivity contribution in [2.24, 2.45) is 0 Å². The minimum Gasteiger partial charge on any atom is -0.487 e. The summed E-state index contributed by atoms with van der Waals surface area (Å²) in [5.41, 5.74) is 3.01. The van der Waals surface area contributed by atoms with E-state index in [-0.39, 0.29) is 18.6 Å². The Hall–Kier alpha value is -2.84. The second kappa shape index (κ2) is 10.2. The lowest BCUT2D eigenvalue weighted by Gasteiger charge is -2.24. The molecule has 2 aromatic heterocycles. The number of benzene rings is 1.